The van der Waals surface area contributed by atoms with Crippen LogP contribution >= 0.6 is 0 Å². The van der Waals surface area contributed by atoms with E-state index in [1.54, 1.807) is 14.2 Å². The Kier molecular flexibility index (Phi) is 4.83. The summed E-state index contributed by atoms with van der Waals surface area (Å²) in [4.78, 5) is 3.33. The number of aromatic nitrogens is 1. The molecule has 23 heavy (non-hydrogen) atoms. The van der Waals surface area contributed by atoms with Crippen molar-refractivity contribution in [2.45, 2.75) is 13.0 Å². The Hall–Kier alpha value is -2.46. The lowest BCUT2D eigenvalue weighted by Crippen LogP contribution is -2.83. The van der Waals surface area contributed by atoms with Crippen molar-refractivity contribution in [3.05, 3.63) is 59.8 Å². The second-order valence-electron chi connectivity index (χ2n) is 5.58. The Morgan fingerprint density at radius 3 is 2.65 bits per heavy atom. The minimum Gasteiger partial charge on any atom is -0.493 e. The third kappa shape index (κ3) is 3.48. The molecule has 0 fully saturated rings. The summed E-state index contributed by atoms with van der Waals surface area (Å²) in [5, 5.41) is 3.65. The minimum absolute atomic E-state index is 0.773. The van der Waals surface area contributed by atoms with E-state index in [0.29, 0.717) is 0 Å². The zero-order chi connectivity index (χ0) is 16.1. The second kappa shape index (κ2) is 7.20. The van der Waals surface area contributed by atoms with Gasteiger partial charge in [0.25, 0.3) is 0 Å². The van der Waals surface area contributed by atoms with Crippen molar-refractivity contribution in [2.24, 2.45) is 0 Å². The molecule has 0 saturated carbocycles. The molecule has 120 valence electrons. The first-order valence-corrected chi connectivity index (χ1v) is 7.89. The van der Waals surface area contributed by atoms with E-state index in [1.807, 2.05) is 12.1 Å². The van der Waals surface area contributed by atoms with Crippen molar-refractivity contribution in [1.29, 1.82) is 0 Å². The highest BCUT2D eigenvalue weighted by atomic mass is 16.5. The first-order chi connectivity index (χ1) is 11.3. The van der Waals surface area contributed by atoms with E-state index in [9.17, 15) is 0 Å². The first-order valence-electron chi connectivity index (χ1n) is 7.89. The maximum Gasteiger partial charge on any atom is 0.161 e. The Bertz CT molecular complexity index is 780. The van der Waals surface area contributed by atoms with E-state index in [1.165, 1.54) is 22.0 Å². The van der Waals surface area contributed by atoms with Gasteiger partial charge in [0.15, 0.2) is 11.5 Å². The van der Waals surface area contributed by atoms with Gasteiger partial charge in [-0.1, -0.05) is 18.2 Å². The number of aromatic amines is 1. The number of rotatable bonds is 7. The van der Waals surface area contributed by atoms with Crippen LogP contribution in [0, 0.1) is 0 Å². The molecule has 4 heteroatoms. The number of methoxy groups -OCH3 is 2. The van der Waals surface area contributed by atoms with Gasteiger partial charge in [0, 0.05) is 29.1 Å². The molecule has 3 aromatic rings. The fraction of sp³-hybridized carbons (Fsp3) is 0.263. The number of hydrogen-bond donors (Lipinski definition) is 2. The standard InChI is InChI=1S/C19H22N2O2/c1-22-18-8-7-14(11-19(18)23-2)12-20-10-9-15-13-21-17-6-4-3-5-16(15)17/h3-8,11,13,20-21H,9-10,12H2,1-2H3/p+1. The molecule has 1 aromatic heterocycles. The van der Waals surface area contributed by atoms with E-state index in [0.717, 1.165) is 31.0 Å². The first kappa shape index (κ1) is 15.4. The molecule has 0 atom stereocenters. The van der Waals surface area contributed by atoms with E-state index in [-0.39, 0.29) is 0 Å². The number of hydrogen-bond acceptors (Lipinski definition) is 2. The van der Waals surface area contributed by atoms with Crippen LogP contribution in [0.5, 0.6) is 11.5 Å². The number of quaternary nitrogens is 1. The molecule has 4 nitrogen and oxygen atoms in total. The van der Waals surface area contributed by atoms with Gasteiger partial charge in [0.2, 0.25) is 0 Å². The lowest BCUT2D eigenvalue weighted by Gasteiger charge is -2.09. The van der Waals surface area contributed by atoms with Gasteiger partial charge in [-0.05, 0) is 29.8 Å². The van der Waals surface area contributed by atoms with Crippen LogP contribution < -0.4 is 14.8 Å². The highest BCUT2D eigenvalue weighted by Crippen LogP contribution is 2.27. The molecule has 3 N–H and O–H groups in total. The average Bonchev–Trinajstić information content (AvgIpc) is 3.01. The Morgan fingerprint density at radius 2 is 1.83 bits per heavy atom. The van der Waals surface area contributed by atoms with Gasteiger partial charge in [-0.25, -0.2) is 0 Å². The molecule has 0 amide bonds. The van der Waals surface area contributed by atoms with Gasteiger partial charge in [0.1, 0.15) is 6.54 Å². The van der Waals surface area contributed by atoms with E-state index < -0.39 is 0 Å². The molecule has 1 heterocycles. The topological polar surface area (TPSA) is 50.9 Å². The molecule has 0 saturated heterocycles. The predicted octanol–water partition coefficient (Wildman–Crippen LogP) is 2.49. The summed E-state index contributed by atoms with van der Waals surface area (Å²) in [6.45, 7) is 1.99. The zero-order valence-electron chi connectivity index (χ0n) is 13.6. The number of ether oxygens (including phenoxy) is 2. The molecular weight excluding hydrogens is 288 g/mol. The monoisotopic (exact) mass is 311 g/mol. The average molecular weight is 311 g/mol. The van der Waals surface area contributed by atoms with Crippen LogP contribution in [0.4, 0.5) is 0 Å². The second-order valence-corrected chi connectivity index (χ2v) is 5.58. The lowest BCUT2D eigenvalue weighted by atomic mass is 10.1. The third-order valence-corrected chi connectivity index (χ3v) is 4.12. The van der Waals surface area contributed by atoms with Crippen molar-refractivity contribution < 1.29 is 14.8 Å². The molecule has 2 aromatic carbocycles. The summed E-state index contributed by atoms with van der Waals surface area (Å²) in [7, 11) is 3.33. The summed E-state index contributed by atoms with van der Waals surface area (Å²) in [5.41, 5.74) is 3.83. The number of nitrogens with two attached hydrogens (primary N) is 1. The van der Waals surface area contributed by atoms with Crippen LogP contribution in [0.25, 0.3) is 10.9 Å². The SMILES string of the molecule is COc1ccc(C[NH2+]CCc2c[nH]c3ccccc23)cc1OC. The number of benzene rings is 2. The van der Waals surface area contributed by atoms with Crippen LogP contribution in [0.15, 0.2) is 48.7 Å². The van der Waals surface area contributed by atoms with Gasteiger partial charge in [-0.2, -0.15) is 0 Å². The third-order valence-electron chi connectivity index (χ3n) is 4.12. The van der Waals surface area contributed by atoms with Crippen LogP contribution in [0.3, 0.4) is 0 Å². The molecule has 0 bridgehead atoms. The van der Waals surface area contributed by atoms with Gasteiger partial charge in [-0.15, -0.1) is 0 Å². The summed E-state index contributed by atoms with van der Waals surface area (Å²) in [5.74, 6) is 1.56. The molecule has 0 aliphatic carbocycles. The minimum atomic E-state index is 0.773. The smallest absolute Gasteiger partial charge is 0.161 e. The molecule has 0 aliphatic rings. The van der Waals surface area contributed by atoms with E-state index in [2.05, 4.69) is 46.8 Å². The van der Waals surface area contributed by atoms with Gasteiger partial charge < -0.3 is 19.8 Å². The zero-order valence-corrected chi connectivity index (χ0v) is 13.6. The summed E-state index contributed by atoms with van der Waals surface area (Å²) in [6, 6.07) is 14.5. The van der Waals surface area contributed by atoms with Gasteiger partial charge in [0.05, 0.1) is 20.8 Å². The van der Waals surface area contributed by atoms with Crippen molar-refractivity contribution in [1.82, 2.24) is 4.98 Å². The summed E-state index contributed by atoms with van der Waals surface area (Å²) >= 11 is 0. The normalized spacial score (nSPS) is 10.9. The maximum absolute atomic E-state index is 5.35. The lowest BCUT2D eigenvalue weighted by molar-refractivity contribution is -0.670. The van der Waals surface area contributed by atoms with Crippen molar-refractivity contribution in [3.63, 3.8) is 0 Å². The summed E-state index contributed by atoms with van der Waals surface area (Å²) < 4.78 is 10.6. The van der Waals surface area contributed by atoms with Crippen LogP contribution in [0.2, 0.25) is 0 Å². The fourth-order valence-corrected chi connectivity index (χ4v) is 2.87. The van der Waals surface area contributed by atoms with Crippen LogP contribution in [-0.4, -0.2) is 25.7 Å². The highest BCUT2D eigenvalue weighted by Gasteiger charge is 2.06. The van der Waals surface area contributed by atoms with Crippen molar-refractivity contribution >= 4 is 10.9 Å². The molecule has 3 rings (SSSR count). The molecular formula is C19H23N2O2+. The molecule has 0 spiro atoms. The fourth-order valence-electron chi connectivity index (χ4n) is 2.87. The largest absolute Gasteiger partial charge is 0.493 e. The van der Waals surface area contributed by atoms with Gasteiger partial charge >= 0.3 is 0 Å². The van der Waals surface area contributed by atoms with Crippen molar-refractivity contribution in [2.75, 3.05) is 20.8 Å². The number of fused-ring (bicyclic) bond motifs is 1. The Labute approximate surface area is 136 Å². The molecule has 0 aliphatic heterocycles. The molecule has 0 unspecified atom stereocenters. The Morgan fingerprint density at radius 1 is 1.00 bits per heavy atom. The number of H-pyrrole nitrogens is 1. The van der Waals surface area contributed by atoms with Crippen molar-refractivity contribution in [3.8, 4) is 11.5 Å². The molecule has 0 radical (unpaired) electrons. The van der Waals surface area contributed by atoms with Gasteiger partial charge in [-0.3, -0.25) is 0 Å². The maximum atomic E-state index is 5.35. The van der Waals surface area contributed by atoms with Crippen LogP contribution in [0.1, 0.15) is 11.1 Å². The number of para-hydroxylation sites is 1. The van der Waals surface area contributed by atoms with E-state index in [4.69, 9.17) is 9.47 Å². The van der Waals surface area contributed by atoms with Crippen LogP contribution in [-0.2, 0) is 13.0 Å². The van der Waals surface area contributed by atoms with E-state index >= 15 is 0 Å². The Balaban J connectivity index is 1.55. The quantitative estimate of drug-likeness (QED) is 0.659. The highest BCUT2D eigenvalue weighted by molar-refractivity contribution is 5.82. The number of nitrogens with one attached hydrogen (secondary N) is 1. The summed E-state index contributed by atoms with van der Waals surface area (Å²) in [6.07, 6.45) is 3.17. The predicted molar refractivity (Wildman–Crippen MR) is 92.0 cm³/mol.